The van der Waals surface area contributed by atoms with Crippen molar-refractivity contribution in [1.29, 1.82) is 0 Å². The summed E-state index contributed by atoms with van der Waals surface area (Å²) in [5, 5.41) is 1.24. The van der Waals surface area contributed by atoms with Crippen molar-refractivity contribution in [2.24, 2.45) is 17.3 Å². The molecule has 0 aromatic rings. The van der Waals surface area contributed by atoms with Crippen LogP contribution < -0.4 is 0 Å². The normalized spacial score (nSPS) is 31.8. The van der Waals surface area contributed by atoms with Crippen LogP contribution in [0.1, 0.15) is 33.1 Å². The molecule has 0 aliphatic heterocycles. The van der Waals surface area contributed by atoms with Crippen LogP contribution in [-0.4, -0.2) is 6.61 Å². The first-order chi connectivity index (χ1) is 8.91. The predicted octanol–water partition coefficient (Wildman–Crippen LogP) is 5.46. The first-order valence-corrected chi connectivity index (χ1v) is 11.0. The van der Waals surface area contributed by atoms with Gasteiger partial charge in [-0.15, -0.1) is 0 Å². The highest BCUT2D eigenvalue weighted by Crippen LogP contribution is 2.76. The molecule has 4 heteroatoms. The Morgan fingerprint density at radius 1 is 1.42 bits per heavy atom. The summed E-state index contributed by atoms with van der Waals surface area (Å²) < 4.78 is 6.10. The summed E-state index contributed by atoms with van der Waals surface area (Å²) in [7, 11) is 0. The van der Waals surface area contributed by atoms with Gasteiger partial charge in [-0.05, 0) is 41.7 Å². The van der Waals surface area contributed by atoms with Gasteiger partial charge in [0.2, 0.25) is 0 Å². The second kappa shape index (κ2) is 4.94. The largest absolute Gasteiger partial charge is 0.285 e. The molecule has 4 rings (SSSR count). The third kappa shape index (κ3) is 2.48. The first-order valence-electron chi connectivity index (χ1n) is 6.95. The Bertz CT molecular complexity index is 477. The maximum absolute atomic E-state index is 6.10. The van der Waals surface area contributed by atoms with Crippen LogP contribution in [-0.2, 0) is 4.52 Å². The van der Waals surface area contributed by atoms with Gasteiger partial charge in [-0.1, -0.05) is 32.1 Å². The van der Waals surface area contributed by atoms with Crippen LogP contribution in [0.15, 0.2) is 35.2 Å². The van der Waals surface area contributed by atoms with E-state index in [1.54, 1.807) is 0 Å². The Balaban J connectivity index is 1.62. The zero-order chi connectivity index (χ0) is 13.7. The predicted molar refractivity (Wildman–Crippen MR) is 90.8 cm³/mol. The van der Waals surface area contributed by atoms with Crippen molar-refractivity contribution in [2.45, 2.75) is 33.1 Å². The zero-order valence-corrected chi connectivity index (χ0v) is 14.2. The highest BCUT2D eigenvalue weighted by Gasteiger charge is 2.51. The fourth-order valence-corrected chi connectivity index (χ4v) is 5.89. The summed E-state index contributed by atoms with van der Waals surface area (Å²) in [4.78, 5) is 0. The van der Waals surface area contributed by atoms with E-state index in [2.05, 4.69) is 62.6 Å². The molecule has 2 atom stereocenters. The van der Waals surface area contributed by atoms with Crippen LogP contribution in [0.3, 0.4) is 0 Å². The molecule has 1 nitrogen and oxygen atoms in total. The van der Waals surface area contributed by atoms with Gasteiger partial charge >= 0.3 is 0 Å². The van der Waals surface area contributed by atoms with E-state index >= 15 is 0 Å². The number of rotatable bonds is 4. The SMILES string of the molecule is CC1(C)C2CC=C(CO[P+](S)(S)C3=CC=CC3)C1C2. The van der Waals surface area contributed by atoms with Crippen molar-refractivity contribution in [3.8, 4) is 0 Å². The molecule has 1 saturated carbocycles. The van der Waals surface area contributed by atoms with Gasteiger partial charge in [0.25, 0.3) is 5.89 Å². The van der Waals surface area contributed by atoms with E-state index in [1.165, 1.54) is 23.7 Å². The van der Waals surface area contributed by atoms with Gasteiger partial charge in [0, 0.05) is 6.42 Å². The molecule has 0 aromatic carbocycles. The number of hydrogen-bond acceptors (Lipinski definition) is 3. The van der Waals surface area contributed by atoms with Gasteiger partial charge in [0.05, 0.1) is 24.5 Å². The third-order valence-corrected chi connectivity index (χ3v) is 8.92. The van der Waals surface area contributed by atoms with E-state index in [1.807, 2.05) is 0 Å². The van der Waals surface area contributed by atoms with E-state index in [9.17, 15) is 0 Å². The lowest BCUT2D eigenvalue weighted by molar-refractivity contribution is -0.0111. The van der Waals surface area contributed by atoms with Crippen molar-refractivity contribution in [2.75, 3.05) is 6.61 Å². The van der Waals surface area contributed by atoms with Crippen molar-refractivity contribution >= 4 is 30.4 Å². The molecular weight excluding hydrogens is 291 g/mol. The fourth-order valence-electron chi connectivity index (χ4n) is 3.54. The van der Waals surface area contributed by atoms with Gasteiger partial charge in [-0.2, -0.15) is 0 Å². The van der Waals surface area contributed by atoms with E-state index in [0.29, 0.717) is 17.9 Å². The summed E-state index contributed by atoms with van der Waals surface area (Å²) in [6.45, 7) is 5.50. The molecule has 4 aliphatic carbocycles. The Morgan fingerprint density at radius 3 is 2.79 bits per heavy atom. The third-order valence-electron chi connectivity index (χ3n) is 5.12. The van der Waals surface area contributed by atoms with Crippen molar-refractivity contribution in [1.82, 2.24) is 0 Å². The Hall–Kier alpha value is 0.310. The quantitative estimate of drug-likeness (QED) is 0.398. The number of allylic oxidation sites excluding steroid dienone is 5. The summed E-state index contributed by atoms with van der Waals surface area (Å²) in [6.07, 6.45) is 12.2. The van der Waals surface area contributed by atoms with Crippen LogP contribution in [0.5, 0.6) is 0 Å². The monoisotopic (exact) mass is 313 g/mol. The van der Waals surface area contributed by atoms with Gasteiger partial charge in [0.15, 0.2) is 0 Å². The number of hydrogen-bond donors (Lipinski definition) is 2. The fraction of sp³-hybridized carbons (Fsp3) is 0.600. The van der Waals surface area contributed by atoms with Crippen LogP contribution in [0.4, 0.5) is 0 Å². The molecule has 1 fully saturated rings. The molecule has 0 saturated heterocycles. The van der Waals surface area contributed by atoms with Crippen molar-refractivity contribution in [3.05, 3.63) is 35.2 Å². The maximum atomic E-state index is 6.10. The second-order valence-electron chi connectivity index (χ2n) is 6.43. The molecule has 104 valence electrons. The first kappa shape index (κ1) is 14.3. The van der Waals surface area contributed by atoms with Crippen LogP contribution in [0.2, 0.25) is 0 Å². The smallest absolute Gasteiger partial charge is 0.205 e. The van der Waals surface area contributed by atoms with Crippen molar-refractivity contribution < 1.29 is 4.52 Å². The standard InChI is InChI=1S/C15H22OPS2/c1-15(2)12-8-7-11(14(15)9-12)10-16-17(18,19)13-5-3-4-6-13/h3-5,7,12,14,18-19H,6,8-10H2,1-2H3/q+1. The van der Waals surface area contributed by atoms with Crippen LogP contribution in [0, 0.1) is 17.3 Å². The van der Waals surface area contributed by atoms with Gasteiger partial charge < -0.3 is 0 Å². The molecule has 0 radical (unpaired) electrons. The maximum Gasteiger partial charge on any atom is 0.285 e. The van der Waals surface area contributed by atoms with Crippen LogP contribution >= 0.6 is 30.4 Å². The average Bonchev–Trinajstić information content (AvgIpc) is 2.91. The van der Waals surface area contributed by atoms with E-state index < -0.39 is 5.89 Å². The Labute approximate surface area is 127 Å². The molecular formula is C15H22OPS2+. The lowest BCUT2D eigenvalue weighted by Crippen LogP contribution is -2.48. The molecule has 0 aromatic heterocycles. The average molecular weight is 313 g/mol. The van der Waals surface area contributed by atoms with Crippen molar-refractivity contribution in [3.63, 3.8) is 0 Å². The molecule has 0 N–H and O–H groups in total. The van der Waals surface area contributed by atoms with E-state index in [4.69, 9.17) is 4.52 Å². The zero-order valence-electron chi connectivity index (χ0n) is 11.5. The summed E-state index contributed by atoms with van der Waals surface area (Å²) in [5.74, 6) is -0.366. The minimum atomic E-state index is -1.96. The van der Waals surface area contributed by atoms with Crippen LogP contribution in [0.25, 0.3) is 0 Å². The van der Waals surface area contributed by atoms with Gasteiger partial charge in [0.1, 0.15) is 11.9 Å². The van der Waals surface area contributed by atoms with E-state index in [0.717, 1.165) is 12.3 Å². The summed E-state index contributed by atoms with van der Waals surface area (Å²) in [6, 6.07) is 0. The molecule has 0 spiro atoms. The lowest BCUT2D eigenvalue weighted by atomic mass is 9.49. The molecule has 0 amide bonds. The number of fused-ring (bicyclic) bond motifs is 1. The Kier molecular flexibility index (Phi) is 3.71. The molecule has 2 unspecified atom stereocenters. The summed E-state index contributed by atoms with van der Waals surface area (Å²) >= 11 is 9.37. The minimum Gasteiger partial charge on any atom is -0.205 e. The highest BCUT2D eigenvalue weighted by molar-refractivity contribution is 8.85. The molecule has 19 heavy (non-hydrogen) atoms. The topological polar surface area (TPSA) is 9.23 Å². The molecule has 0 heterocycles. The number of thiol groups is 2. The van der Waals surface area contributed by atoms with Gasteiger partial charge in [-0.25, -0.2) is 4.52 Å². The summed E-state index contributed by atoms with van der Waals surface area (Å²) in [5.41, 5.74) is 1.95. The lowest BCUT2D eigenvalue weighted by Gasteiger charge is -2.56. The van der Waals surface area contributed by atoms with Gasteiger partial charge in [-0.3, -0.25) is 0 Å². The highest BCUT2D eigenvalue weighted by atomic mass is 33.1. The Morgan fingerprint density at radius 2 is 2.21 bits per heavy atom. The molecule has 4 aliphatic rings. The second-order valence-corrected chi connectivity index (χ2v) is 12.7. The minimum absolute atomic E-state index is 0.468. The molecule has 2 bridgehead atoms. The van der Waals surface area contributed by atoms with E-state index in [-0.39, 0.29) is 0 Å².